The molecule has 0 spiro atoms. The van der Waals surface area contributed by atoms with E-state index in [1.807, 2.05) is 6.07 Å². The van der Waals surface area contributed by atoms with E-state index in [1.54, 1.807) is 6.07 Å². The Morgan fingerprint density at radius 3 is 2.69 bits per heavy atom. The second-order valence-electron chi connectivity index (χ2n) is 3.96. The average Bonchev–Trinajstić information content (AvgIpc) is 2.27. The molecule has 90 valence electrons. The molecule has 0 amide bonds. The van der Waals surface area contributed by atoms with Crippen LogP contribution >= 0.6 is 35.6 Å². The minimum absolute atomic E-state index is 0. The van der Waals surface area contributed by atoms with E-state index in [4.69, 9.17) is 28.9 Å². The lowest BCUT2D eigenvalue weighted by Gasteiger charge is -2.19. The van der Waals surface area contributed by atoms with E-state index < -0.39 is 6.10 Å². The molecule has 0 bridgehead atoms. The van der Waals surface area contributed by atoms with E-state index in [2.05, 4.69) is 0 Å². The van der Waals surface area contributed by atoms with Gasteiger partial charge in [0.1, 0.15) is 0 Å². The van der Waals surface area contributed by atoms with Crippen LogP contribution in [0.5, 0.6) is 0 Å². The number of halogens is 3. The van der Waals surface area contributed by atoms with Gasteiger partial charge in [0.2, 0.25) is 0 Å². The number of rotatable bonds is 0. The number of hydrogen-bond donors (Lipinski definition) is 2. The SMILES string of the molecule is Cl.NC1CCCc2cc(Cl)cc(Cl)c2C1O. The van der Waals surface area contributed by atoms with Crippen LogP contribution in [-0.4, -0.2) is 11.1 Å². The van der Waals surface area contributed by atoms with Crippen molar-refractivity contribution in [3.05, 3.63) is 33.3 Å². The lowest BCUT2D eigenvalue weighted by atomic mass is 9.99. The first-order valence-corrected chi connectivity index (χ1v) is 5.76. The third kappa shape index (κ3) is 2.63. The van der Waals surface area contributed by atoms with E-state index >= 15 is 0 Å². The molecule has 2 atom stereocenters. The quantitative estimate of drug-likeness (QED) is 0.718. The van der Waals surface area contributed by atoms with Crippen molar-refractivity contribution < 1.29 is 5.11 Å². The maximum atomic E-state index is 10.0. The number of aliphatic hydroxyl groups is 1. The molecule has 1 aromatic carbocycles. The fourth-order valence-electron chi connectivity index (χ4n) is 2.08. The standard InChI is InChI=1S/C11H13Cl2NO.ClH/c12-7-4-6-2-1-3-9(14)11(15)10(6)8(13)5-7;/h4-5,9,11,15H,1-3,14H2;1H. The van der Waals surface area contributed by atoms with Gasteiger partial charge in [-0.15, -0.1) is 12.4 Å². The lowest BCUT2D eigenvalue weighted by Crippen LogP contribution is -2.27. The minimum Gasteiger partial charge on any atom is -0.387 e. The van der Waals surface area contributed by atoms with E-state index in [0.717, 1.165) is 30.4 Å². The molecule has 0 aliphatic heterocycles. The second-order valence-corrected chi connectivity index (χ2v) is 4.80. The zero-order chi connectivity index (χ0) is 11.0. The molecule has 0 aromatic heterocycles. The highest BCUT2D eigenvalue weighted by Crippen LogP contribution is 2.35. The Balaban J connectivity index is 0.00000128. The van der Waals surface area contributed by atoms with E-state index in [1.165, 1.54) is 0 Å². The van der Waals surface area contributed by atoms with Gasteiger partial charge < -0.3 is 10.8 Å². The highest BCUT2D eigenvalue weighted by molar-refractivity contribution is 6.35. The van der Waals surface area contributed by atoms with Crippen molar-refractivity contribution >= 4 is 35.6 Å². The molecule has 5 heteroatoms. The van der Waals surface area contributed by atoms with Gasteiger partial charge in [0.15, 0.2) is 0 Å². The molecular formula is C11H14Cl3NO. The summed E-state index contributed by atoms with van der Waals surface area (Å²) < 4.78 is 0. The molecule has 2 unspecified atom stereocenters. The van der Waals surface area contributed by atoms with Crippen LogP contribution in [0.15, 0.2) is 12.1 Å². The number of benzene rings is 1. The van der Waals surface area contributed by atoms with Gasteiger partial charge in [-0.3, -0.25) is 0 Å². The van der Waals surface area contributed by atoms with Crippen molar-refractivity contribution in [2.24, 2.45) is 5.73 Å². The summed E-state index contributed by atoms with van der Waals surface area (Å²) in [5.41, 5.74) is 7.64. The summed E-state index contributed by atoms with van der Waals surface area (Å²) in [6.45, 7) is 0. The van der Waals surface area contributed by atoms with Crippen LogP contribution in [0.2, 0.25) is 10.0 Å². The number of hydrogen-bond acceptors (Lipinski definition) is 2. The van der Waals surface area contributed by atoms with Gasteiger partial charge in [-0.25, -0.2) is 0 Å². The van der Waals surface area contributed by atoms with Gasteiger partial charge in [0, 0.05) is 21.7 Å². The van der Waals surface area contributed by atoms with Gasteiger partial charge in [0.05, 0.1) is 6.10 Å². The summed E-state index contributed by atoms with van der Waals surface area (Å²) in [4.78, 5) is 0. The van der Waals surface area contributed by atoms with Crippen molar-refractivity contribution in [1.82, 2.24) is 0 Å². The van der Waals surface area contributed by atoms with Gasteiger partial charge >= 0.3 is 0 Å². The van der Waals surface area contributed by atoms with Crippen LogP contribution in [0, 0.1) is 0 Å². The highest BCUT2D eigenvalue weighted by Gasteiger charge is 2.25. The summed E-state index contributed by atoms with van der Waals surface area (Å²) in [5, 5.41) is 11.2. The molecule has 1 aromatic rings. The Kier molecular flexibility index (Phi) is 4.89. The minimum atomic E-state index is -0.674. The molecule has 0 fully saturated rings. The molecule has 1 aliphatic rings. The van der Waals surface area contributed by atoms with E-state index in [9.17, 15) is 5.11 Å². The zero-order valence-electron chi connectivity index (χ0n) is 8.62. The van der Waals surface area contributed by atoms with Crippen molar-refractivity contribution in [1.29, 1.82) is 0 Å². The average molecular weight is 283 g/mol. The number of nitrogens with two attached hydrogens (primary N) is 1. The van der Waals surface area contributed by atoms with Crippen molar-refractivity contribution in [2.75, 3.05) is 0 Å². The second kappa shape index (κ2) is 5.56. The first-order valence-electron chi connectivity index (χ1n) is 5.01. The number of aliphatic hydroxyl groups excluding tert-OH is 1. The van der Waals surface area contributed by atoms with Crippen molar-refractivity contribution in [3.8, 4) is 0 Å². The van der Waals surface area contributed by atoms with Crippen LogP contribution in [0.1, 0.15) is 30.1 Å². The van der Waals surface area contributed by atoms with E-state index in [0.29, 0.717) is 10.0 Å². The Hall–Kier alpha value is 0.01000. The summed E-state index contributed by atoms with van der Waals surface area (Å²) in [7, 11) is 0. The molecule has 3 N–H and O–H groups in total. The third-order valence-corrected chi connectivity index (χ3v) is 3.40. The summed E-state index contributed by atoms with van der Waals surface area (Å²) in [5.74, 6) is 0. The Morgan fingerprint density at radius 2 is 2.00 bits per heavy atom. The first kappa shape index (κ1) is 14.1. The van der Waals surface area contributed by atoms with Gasteiger partial charge in [-0.1, -0.05) is 23.2 Å². The smallest absolute Gasteiger partial charge is 0.0957 e. The Morgan fingerprint density at radius 1 is 1.31 bits per heavy atom. The van der Waals surface area contributed by atoms with Crippen LogP contribution in [-0.2, 0) is 6.42 Å². The van der Waals surface area contributed by atoms with Crippen LogP contribution in [0.4, 0.5) is 0 Å². The first-order chi connectivity index (χ1) is 7.09. The maximum absolute atomic E-state index is 10.0. The predicted octanol–water partition coefficient (Wildman–Crippen LogP) is 3.11. The van der Waals surface area contributed by atoms with Gasteiger partial charge in [-0.05, 0) is 37.0 Å². The normalized spacial score (nSPS) is 24.2. The largest absolute Gasteiger partial charge is 0.387 e. The summed E-state index contributed by atoms with van der Waals surface area (Å²) in [6, 6.07) is 3.29. The molecule has 2 nitrogen and oxygen atoms in total. The van der Waals surface area contributed by atoms with Crippen molar-refractivity contribution in [2.45, 2.75) is 31.4 Å². The van der Waals surface area contributed by atoms with Gasteiger partial charge in [0.25, 0.3) is 0 Å². The molecule has 2 rings (SSSR count). The van der Waals surface area contributed by atoms with Crippen LogP contribution < -0.4 is 5.73 Å². The van der Waals surface area contributed by atoms with Crippen molar-refractivity contribution in [3.63, 3.8) is 0 Å². The van der Waals surface area contributed by atoms with Crippen LogP contribution in [0.3, 0.4) is 0 Å². The summed E-state index contributed by atoms with van der Waals surface area (Å²) >= 11 is 12.0. The molecule has 0 radical (unpaired) electrons. The Bertz CT molecular complexity index is 384. The molecule has 0 heterocycles. The van der Waals surface area contributed by atoms with Crippen LogP contribution in [0.25, 0.3) is 0 Å². The predicted molar refractivity (Wildman–Crippen MR) is 69.6 cm³/mol. The molecule has 0 saturated heterocycles. The lowest BCUT2D eigenvalue weighted by molar-refractivity contribution is 0.144. The van der Waals surface area contributed by atoms with Gasteiger partial charge in [-0.2, -0.15) is 0 Å². The van der Waals surface area contributed by atoms with E-state index in [-0.39, 0.29) is 18.4 Å². The number of aryl methyl sites for hydroxylation is 1. The highest BCUT2D eigenvalue weighted by atomic mass is 35.5. The summed E-state index contributed by atoms with van der Waals surface area (Å²) in [6.07, 6.45) is 1.97. The molecule has 16 heavy (non-hydrogen) atoms. The fraction of sp³-hybridized carbons (Fsp3) is 0.455. The topological polar surface area (TPSA) is 46.2 Å². The zero-order valence-corrected chi connectivity index (χ0v) is 10.9. The maximum Gasteiger partial charge on any atom is 0.0957 e. The monoisotopic (exact) mass is 281 g/mol. The fourth-order valence-corrected chi connectivity index (χ4v) is 2.72. The molecule has 1 aliphatic carbocycles. The third-order valence-electron chi connectivity index (χ3n) is 2.86. The molecular weight excluding hydrogens is 268 g/mol. The molecule has 0 saturated carbocycles. The Labute approximate surface area is 111 Å². The number of fused-ring (bicyclic) bond motifs is 1.